The van der Waals surface area contributed by atoms with Gasteiger partial charge in [0.2, 0.25) is 0 Å². The first-order chi connectivity index (χ1) is 5.29. The minimum atomic E-state index is 0.784. The Hall–Kier alpha value is -0.0600. The Morgan fingerprint density at radius 3 is 3.09 bits per heavy atom. The van der Waals surface area contributed by atoms with Crippen LogP contribution in [-0.4, -0.2) is 14.1 Å². The SMILES string of the molecule is CC(I)CCCc1cc[nH]n1. The molecule has 0 saturated carbocycles. The van der Waals surface area contributed by atoms with Crippen LogP contribution in [0.4, 0.5) is 0 Å². The lowest BCUT2D eigenvalue weighted by atomic mass is 10.2. The molecular weight excluding hydrogens is 251 g/mol. The first kappa shape index (κ1) is 9.03. The summed E-state index contributed by atoms with van der Waals surface area (Å²) >= 11 is 2.46. The average molecular weight is 264 g/mol. The fourth-order valence-corrected chi connectivity index (χ4v) is 1.43. The lowest BCUT2D eigenvalue weighted by molar-refractivity contribution is 0.729. The molecule has 1 aromatic rings. The largest absolute Gasteiger partial charge is 0.285 e. The second-order valence-corrected chi connectivity index (χ2v) is 4.86. The molecule has 1 N–H and O–H groups in total. The molecule has 62 valence electrons. The van der Waals surface area contributed by atoms with E-state index in [2.05, 4.69) is 39.7 Å². The fraction of sp³-hybridized carbons (Fsp3) is 0.625. The first-order valence-corrected chi connectivity index (χ1v) is 5.16. The molecule has 2 nitrogen and oxygen atoms in total. The van der Waals surface area contributed by atoms with Crippen molar-refractivity contribution in [3.63, 3.8) is 0 Å². The molecule has 1 aromatic heterocycles. The van der Waals surface area contributed by atoms with Gasteiger partial charge in [-0.2, -0.15) is 5.10 Å². The number of aryl methyl sites for hydroxylation is 1. The third kappa shape index (κ3) is 3.74. The van der Waals surface area contributed by atoms with Crippen LogP contribution in [0.25, 0.3) is 0 Å². The van der Waals surface area contributed by atoms with Gasteiger partial charge in [-0.25, -0.2) is 0 Å². The van der Waals surface area contributed by atoms with Crippen molar-refractivity contribution in [3.8, 4) is 0 Å². The van der Waals surface area contributed by atoms with E-state index in [9.17, 15) is 0 Å². The molecule has 1 rings (SSSR count). The summed E-state index contributed by atoms with van der Waals surface area (Å²) in [6, 6.07) is 2.04. The number of nitrogens with one attached hydrogen (secondary N) is 1. The van der Waals surface area contributed by atoms with E-state index in [1.807, 2.05) is 12.3 Å². The van der Waals surface area contributed by atoms with Gasteiger partial charge in [0.05, 0.1) is 5.69 Å². The number of hydrogen-bond acceptors (Lipinski definition) is 1. The third-order valence-corrected chi connectivity index (χ3v) is 2.22. The van der Waals surface area contributed by atoms with Crippen LogP contribution in [0, 0.1) is 0 Å². The van der Waals surface area contributed by atoms with Gasteiger partial charge in [0, 0.05) is 10.1 Å². The summed E-state index contributed by atoms with van der Waals surface area (Å²) in [7, 11) is 0. The Morgan fingerprint density at radius 1 is 1.73 bits per heavy atom. The number of alkyl halides is 1. The van der Waals surface area contributed by atoms with Crippen LogP contribution < -0.4 is 0 Å². The molecule has 1 heterocycles. The predicted octanol–water partition coefficient (Wildman–Crippen LogP) is 2.56. The summed E-state index contributed by atoms with van der Waals surface area (Å²) in [5.41, 5.74) is 1.18. The Balaban J connectivity index is 2.14. The molecule has 0 amide bonds. The van der Waals surface area contributed by atoms with E-state index in [1.54, 1.807) is 0 Å². The van der Waals surface area contributed by atoms with Crippen LogP contribution >= 0.6 is 22.6 Å². The first-order valence-electron chi connectivity index (χ1n) is 3.92. The van der Waals surface area contributed by atoms with Gasteiger partial charge in [0.15, 0.2) is 0 Å². The molecule has 0 bridgehead atoms. The molecule has 3 heteroatoms. The minimum Gasteiger partial charge on any atom is -0.285 e. The van der Waals surface area contributed by atoms with Crippen molar-refractivity contribution in [3.05, 3.63) is 18.0 Å². The maximum atomic E-state index is 4.09. The summed E-state index contributed by atoms with van der Waals surface area (Å²) < 4.78 is 0.784. The topological polar surface area (TPSA) is 28.7 Å². The van der Waals surface area contributed by atoms with Crippen molar-refractivity contribution in [2.45, 2.75) is 30.1 Å². The lowest BCUT2D eigenvalue weighted by Crippen LogP contribution is -1.92. The summed E-state index contributed by atoms with van der Waals surface area (Å²) in [6.07, 6.45) is 5.52. The molecule has 0 aliphatic heterocycles. The number of nitrogens with zero attached hydrogens (tertiary/aromatic N) is 1. The van der Waals surface area contributed by atoms with Gasteiger partial charge in [0.1, 0.15) is 0 Å². The van der Waals surface area contributed by atoms with Crippen LogP contribution in [0.2, 0.25) is 0 Å². The third-order valence-electron chi connectivity index (χ3n) is 1.59. The zero-order valence-electron chi connectivity index (χ0n) is 6.68. The second-order valence-electron chi connectivity index (χ2n) is 2.74. The number of aromatic amines is 1. The second kappa shape index (κ2) is 4.74. The zero-order valence-corrected chi connectivity index (χ0v) is 8.84. The van der Waals surface area contributed by atoms with Crippen molar-refractivity contribution in [2.24, 2.45) is 0 Å². The van der Waals surface area contributed by atoms with Crippen molar-refractivity contribution >= 4 is 22.6 Å². The number of H-pyrrole nitrogens is 1. The summed E-state index contributed by atoms with van der Waals surface area (Å²) in [5, 5.41) is 6.90. The van der Waals surface area contributed by atoms with E-state index in [0.29, 0.717) is 0 Å². The molecular formula is C8H13IN2. The van der Waals surface area contributed by atoms with Crippen molar-refractivity contribution < 1.29 is 0 Å². The zero-order chi connectivity index (χ0) is 8.10. The maximum Gasteiger partial charge on any atom is 0.0622 e. The van der Waals surface area contributed by atoms with E-state index in [4.69, 9.17) is 0 Å². The predicted molar refractivity (Wildman–Crippen MR) is 55.0 cm³/mol. The van der Waals surface area contributed by atoms with E-state index >= 15 is 0 Å². The Morgan fingerprint density at radius 2 is 2.55 bits per heavy atom. The number of rotatable bonds is 4. The van der Waals surface area contributed by atoms with Gasteiger partial charge in [-0.3, -0.25) is 5.10 Å². The average Bonchev–Trinajstić information content (AvgIpc) is 2.39. The van der Waals surface area contributed by atoms with Crippen LogP contribution in [0.3, 0.4) is 0 Å². The Bertz CT molecular complexity index is 182. The number of aromatic nitrogens is 2. The molecule has 1 atom stereocenters. The number of halogens is 1. The smallest absolute Gasteiger partial charge is 0.0622 e. The number of hydrogen-bond donors (Lipinski definition) is 1. The molecule has 11 heavy (non-hydrogen) atoms. The van der Waals surface area contributed by atoms with Gasteiger partial charge in [0.25, 0.3) is 0 Å². The van der Waals surface area contributed by atoms with Gasteiger partial charge in [-0.1, -0.05) is 29.5 Å². The summed E-state index contributed by atoms with van der Waals surface area (Å²) in [4.78, 5) is 0. The van der Waals surface area contributed by atoms with E-state index in [0.717, 1.165) is 10.3 Å². The molecule has 0 saturated heterocycles. The Kier molecular flexibility index (Phi) is 3.90. The van der Waals surface area contributed by atoms with Gasteiger partial charge >= 0.3 is 0 Å². The van der Waals surface area contributed by atoms with Crippen LogP contribution in [0.1, 0.15) is 25.5 Å². The van der Waals surface area contributed by atoms with E-state index in [-0.39, 0.29) is 0 Å². The molecule has 0 aliphatic carbocycles. The molecule has 0 fully saturated rings. The van der Waals surface area contributed by atoms with Gasteiger partial charge in [-0.05, 0) is 25.3 Å². The summed E-state index contributed by atoms with van der Waals surface area (Å²) in [6.45, 7) is 2.24. The minimum absolute atomic E-state index is 0.784. The molecule has 0 radical (unpaired) electrons. The quantitative estimate of drug-likeness (QED) is 0.657. The monoisotopic (exact) mass is 264 g/mol. The highest BCUT2D eigenvalue weighted by atomic mass is 127. The molecule has 0 aliphatic rings. The highest BCUT2D eigenvalue weighted by Crippen LogP contribution is 2.09. The van der Waals surface area contributed by atoms with Crippen LogP contribution in [-0.2, 0) is 6.42 Å². The maximum absolute atomic E-state index is 4.09. The molecule has 0 aromatic carbocycles. The van der Waals surface area contributed by atoms with Gasteiger partial charge in [-0.15, -0.1) is 0 Å². The fourth-order valence-electron chi connectivity index (χ4n) is 0.995. The van der Waals surface area contributed by atoms with Crippen molar-refractivity contribution in [1.82, 2.24) is 10.2 Å². The van der Waals surface area contributed by atoms with Crippen molar-refractivity contribution in [1.29, 1.82) is 0 Å². The van der Waals surface area contributed by atoms with Crippen molar-refractivity contribution in [2.75, 3.05) is 0 Å². The standard InChI is InChI=1S/C8H13IN2/c1-7(9)3-2-4-8-5-6-10-11-8/h5-7H,2-4H2,1H3,(H,10,11). The van der Waals surface area contributed by atoms with E-state index < -0.39 is 0 Å². The van der Waals surface area contributed by atoms with Crippen LogP contribution in [0.5, 0.6) is 0 Å². The highest BCUT2D eigenvalue weighted by molar-refractivity contribution is 14.1. The molecule has 1 unspecified atom stereocenters. The highest BCUT2D eigenvalue weighted by Gasteiger charge is 1.97. The van der Waals surface area contributed by atoms with E-state index in [1.165, 1.54) is 18.5 Å². The summed E-state index contributed by atoms with van der Waals surface area (Å²) in [5.74, 6) is 0. The lowest BCUT2D eigenvalue weighted by Gasteiger charge is -1.99. The Labute approximate surface area is 80.9 Å². The van der Waals surface area contributed by atoms with Gasteiger partial charge < -0.3 is 0 Å². The van der Waals surface area contributed by atoms with Crippen LogP contribution in [0.15, 0.2) is 12.3 Å². The molecule has 0 spiro atoms. The normalized spacial score (nSPS) is 13.3.